The largest absolute Gasteiger partial charge is 0.368 e. The number of hydrogen-bond acceptors (Lipinski definition) is 4. The van der Waals surface area contributed by atoms with E-state index in [9.17, 15) is 9.59 Å². The number of anilines is 2. The van der Waals surface area contributed by atoms with E-state index in [4.69, 9.17) is 12.2 Å². The highest BCUT2D eigenvalue weighted by atomic mass is 32.1. The predicted octanol–water partition coefficient (Wildman–Crippen LogP) is 3.49. The second-order valence-electron chi connectivity index (χ2n) is 7.49. The van der Waals surface area contributed by atoms with Gasteiger partial charge in [0.1, 0.15) is 0 Å². The summed E-state index contributed by atoms with van der Waals surface area (Å²) in [5, 5.41) is 6.06. The maximum atomic E-state index is 12.5. The van der Waals surface area contributed by atoms with E-state index < -0.39 is 0 Å². The minimum Gasteiger partial charge on any atom is -0.368 e. The zero-order chi connectivity index (χ0) is 21.7. The van der Waals surface area contributed by atoms with Crippen molar-refractivity contribution in [2.24, 2.45) is 0 Å². The number of amides is 2. The Labute approximate surface area is 183 Å². The van der Waals surface area contributed by atoms with Gasteiger partial charge >= 0.3 is 0 Å². The molecule has 0 radical (unpaired) electrons. The number of aryl methyl sites for hydroxylation is 2. The van der Waals surface area contributed by atoms with Crippen molar-refractivity contribution < 1.29 is 9.59 Å². The van der Waals surface area contributed by atoms with E-state index in [0.29, 0.717) is 12.0 Å². The normalized spacial score (nSPS) is 13.7. The fraction of sp³-hybridized carbons (Fsp3) is 0.348. The molecular weight excluding hydrogens is 396 g/mol. The van der Waals surface area contributed by atoms with Gasteiger partial charge in [-0.2, -0.15) is 0 Å². The summed E-state index contributed by atoms with van der Waals surface area (Å²) >= 11 is 5.30. The SMILES string of the molecule is CCC(=O)N1CCN(c2ccc(NC(=S)NC(=O)c3ccc(C)cc3C)cc2)CC1. The maximum Gasteiger partial charge on any atom is 0.257 e. The third-order valence-electron chi connectivity index (χ3n) is 5.28. The lowest BCUT2D eigenvalue weighted by molar-refractivity contribution is -0.131. The number of carbonyl (C=O) groups is 2. The van der Waals surface area contributed by atoms with Crippen LogP contribution in [0.1, 0.15) is 34.8 Å². The molecular formula is C23H28N4O2S. The highest BCUT2D eigenvalue weighted by Gasteiger charge is 2.20. The van der Waals surface area contributed by atoms with Crippen molar-refractivity contribution in [3.63, 3.8) is 0 Å². The van der Waals surface area contributed by atoms with Gasteiger partial charge in [0.25, 0.3) is 5.91 Å². The van der Waals surface area contributed by atoms with Gasteiger partial charge in [-0.3, -0.25) is 14.9 Å². The van der Waals surface area contributed by atoms with Gasteiger partial charge in [0.15, 0.2) is 5.11 Å². The van der Waals surface area contributed by atoms with E-state index in [0.717, 1.165) is 48.7 Å². The molecule has 2 aromatic carbocycles. The summed E-state index contributed by atoms with van der Waals surface area (Å²) in [7, 11) is 0. The molecule has 1 heterocycles. The number of nitrogens with one attached hydrogen (secondary N) is 2. The molecule has 0 aromatic heterocycles. The first-order valence-corrected chi connectivity index (χ1v) is 10.6. The zero-order valence-corrected chi connectivity index (χ0v) is 18.5. The summed E-state index contributed by atoms with van der Waals surface area (Å²) in [5.74, 6) is -0.00768. The molecule has 1 aliphatic heterocycles. The highest BCUT2D eigenvalue weighted by Crippen LogP contribution is 2.20. The lowest BCUT2D eigenvalue weighted by Gasteiger charge is -2.36. The van der Waals surface area contributed by atoms with Crippen molar-refractivity contribution in [2.75, 3.05) is 36.4 Å². The van der Waals surface area contributed by atoms with Crippen molar-refractivity contribution >= 4 is 40.5 Å². The lowest BCUT2D eigenvalue weighted by Crippen LogP contribution is -2.48. The number of carbonyl (C=O) groups excluding carboxylic acids is 2. The average molecular weight is 425 g/mol. The second-order valence-corrected chi connectivity index (χ2v) is 7.90. The fourth-order valence-electron chi connectivity index (χ4n) is 3.59. The fourth-order valence-corrected chi connectivity index (χ4v) is 3.80. The molecule has 1 aliphatic rings. The summed E-state index contributed by atoms with van der Waals surface area (Å²) in [6, 6.07) is 13.6. The van der Waals surface area contributed by atoms with Crippen LogP contribution in [0.4, 0.5) is 11.4 Å². The molecule has 2 N–H and O–H groups in total. The van der Waals surface area contributed by atoms with Crippen LogP contribution >= 0.6 is 12.2 Å². The molecule has 0 bridgehead atoms. The van der Waals surface area contributed by atoms with Gasteiger partial charge in [-0.1, -0.05) is 24.6 Å². The van der Waals surface area contributed by atoms with Gasteiger partial charge in [0.2, 0.25) is 5.91 Å². The maximum absolute atomic E-state index is 12.5. The van der Waals surface area contributed by atoms with Crippen LogP contribution in [0.2, 0.25) is 0 Å². The van der Waals surface area contributed by atoms with Crippen LogP contribution in [0.5, 0.6) is 0 Å². The van der Waals surface area contributed by atoms with E-state index in [-0.39, 0.29) is 16.9 Å². The number of hydrogen-bond donors (Lipinski definition) is 2. The van der Waals surface area contributed by atoms with Crippen molar-refractivity contribution in [1.29, 1.82) is 0 Å². The van der Waals surface area contributed by atoms with E-state index in [1.54, 1.807) is 0 Å². The molecule has 0 unspecified atom stereocenters. The van der Waals surface area contributed by atoms with Crippen LogP contribution in [0.25, 0.3) is 0 Å². The van der Waals surface area contributed by atoms with Gasteiger partial charge in [0.05, 0.1) is 0 Å². The number of piperazine rings is 1. The Kier molecular flexibility index (Phi) is 7.05. The summed E-state index contributed by atoms with van der Waals surface area (Å²) in [5.41, 5.74) is 4.56. The van der Waals surface area contributed by atoms with Gasteiger partial charge in [-0.05, 0) is 62.0 Å². The molecule has 7 heteroatoms. The molecule has 1 fully saturated rings. The van der Waals surface area contributed by atoms with Gasteiger partial charge < -0.3 is 15.1 Å². The predicted molar refractivity (Wildman–Crippen MR) is 125 cm³/mol. The number of nitrogens with zero attached hydrogens (tertiary/aromatic N) is 2. The molecule has 0 saturated carbocycles. The number of thiocarbonyl (C=S) groups is 1. The van der Waals surface area contributed by atoms with Gasteiger partial charge in [0, 0.05) is 49.5 Å². The first-order valence-electron chi connectivity index (χ1n) is 10.2. The highest BCUT2D eigenvalue weighted by molar-refractivity contribution is 7.80. The van der Waals surface area contributed by atoms with Gasteiger partial charge in [-0.15, -0.1) is 0 Å². The van der Waals surface area contributed by atoms with E-state index in [1.807, 2.05) is 68.1 Å². The number of benzene rings is 2. The summed E-state index contributed by atoms with van der Waals surface area (Å²) < 4.78 is 0. The molecule has 0 aliphatic carbocycles. The Hall–Kier alpha value is -2.93. The Morgan fingerprint density at radius 1 is 1.00 bits per heavy atom. The molecule has 30 heavy (non-hydrogen) atoms. The molecule has 1 saturated heterocycles. The first kappa shape index (κ1) is 21.8. The smallest absolute Gasteiger partial charge is 0.257 e. The van der Waals surface area contributed by atoms with Crippen LogP contribution in [0.15, 0.2) is 42.5 Å². The number of rotatable bonds is 4. The zero-order valence-electron chi connectivity index (χ0n) is 17.7. The molecule has 158 valence electrons. The molecule has 0 atom stereocenters. The minimum atomic E-state index is -0.221. The van der Waals surface area contributed by atoms with Crippen LogP contribution in [-0.4, -0.2) is 48.0 Å². The molecule has 3 rings (SSSR count). The van der Waals surface area contributed by atoms with Crippen LogP contribution in [0, 0.1) is 13.8 Å². The third kappa shape index (κ3) is 5.36. The van der Waals surface area contributed by atoms with E-state index >= 15 is 0 Å². The minimum absolute atomic E-state index is 0.214. The molecule has 0 spiro atoms. The van der Waals surface area contributed by atoms with Crippen LogP contribution < -0.4 is 15.5 Å². The Bertz CT molecular complexity index is 935. The van der Waals surface area contributed by atoms with Crippen molar-refractivity contribution in [3.05, 3.63) is 59.2 Å². The summed E-state index contributed by atoms with van der Waals surface area (Å²) in [6.07, 6.45) is 0.556. The molecule has 2 aromatic rings. The summed E-state index contributed by atoms with van der Waals surface area (Å²) in [6.45, 7) is 8.95. The van der Waals surface area contributed by atoms with Crippen LogP contribution in [0.3, 0.4) is 0 Å². The van der Waals surface area contributed by atoms with E-state index in [2.05, 4.69) is 15.5 Å². The Morgan fingerprint density at radius 2 is 1.67 bits per heavy atom. The lowest BCUT2D eigenvalue weighted by atomic mass is 10.1. The standard InChI is InChI=1S/C23H28N4O2S/c1-4-21(28)27-13-11-26(12-14-27)19-8-6-18(7-9-19)24-23(30)25-22(29)20-10-5-16(2)15-17(20)3/h5-10,15H,4,11-14H2,1-3H3,(H2,24,25,29,30). The topological polar surface area (TPSA) is 64.7 Å². The monoisotopic (exact) mass is 424 g/mol. The van der Waals surface area contributed by atoms with Crippen LogP contribution in [-0.2, 0) is 4.79 Å². The van der Waals surface area contributed by atoms with Crippen molar-refractivity contribution in [2.45, 2.75) is 27.2 Å². The average Bonchev–Trinajstić information content (AvgIpc) is 2.73. The Balaban J connectivity index is 1.53. The summed E-state index contributed by atoms with van der Waals surface area (Å²) in [4.78, 5) is 28.5. The van der Waals surface area contributed by atoms with Crippen molar-refractivity contribution in [3.8, 4) is 0 Å². The van der Waals surface area contributed by atoms with E-state index in [1.165, 1.54) is 0 Å². The Morgan fingerprint density at radius 3 is 2.27 bits per heavy atom. The molecule has 6 nitrogen and oxygen atoms in total. The van der Waals surface area contributed by atoms with Gasteiger partial charge in [-0.25, -0.2) is 0 Å². The first-order chi connectivity index (χ1) is 14.4. The second kappa shape index (κ2) is 9.71. The molecule has 2 amide bonds. The quantitative estimate of drug-likeness (QED) is 0.736. The third-order valence-corrected chi connectivity index (χ3v) is 5.48. The van der Waals surface area contributed by atoms with Crippen molar-refractivity contribution in [1.82, 2.24) is 10.2 Å².